The summed E-state index contributed by atoms with van der Waals surface area (Å²) in [6, 6.07) is 0.215. The third kappa shape index (κ3) is 3.24. The fraction of sp³-hybridized carbons (Fsp3) is 0.462. The molecule has 0 radical (unpaired) electrons. The molecule has 19 heavy (non-hydrogen) atoms. The van der Waals surface area contributed by atoms with Gasteiger partial charge in [-0.25, -0.2) is 17.6 Å². The zero-order chi connectivity index (χ0) is 14.8. The molecule has 0 spiro atoms. The summed E-state index contributed by atoms with van der Waals surface area (Å²) in [6.07, 6.45) is 0.467. The van der Waals surface area contributed by atoms with E-state index in [2.05, 4.69) is 0 Å². The first-order valence-electron chi connectivity index (χ1n) is 5.69. The van der Waals surface area contributed by atoms with Crippen LogP contribution in [0.25, 0.3) is 0 Å². The second-order valence-corrected chi connectivity index (χ2v) is 4.76. The van der Waals surface area contributed by atoms with Gasteiger partial charge in [0.2, 0.25) is 0 Å². The molecule has 0 amide bonds. The minimum atomic E-state index is -1.79. The Balaban J connectivity index is 2.91. The Bertz CT molecular complexity index is 498. The largest absolute Gasteiger partial charge is 0.460 e. The number of esters is 1. The summed E-state index contributed by atoms with van der Waals surface area (Å²) in [6.45, 7) is 4.18. The van der Waals surface area contributed by atoms with Crippen LogP contribution >= 0.6 is 0 Å². The fourth-order valence-electron chi connectivity index (χ4n) is 1.21. The van der Waals surface area contributed by atoms with Gasteiger partial charge in [0.05, 0.1) is 11.0 Å². The van der Waals surface area contributed by atoms with E-state index in [1.165, 1.54) is 0 Å². The van der Waals surface area contributed by atoms with Crippen LogP contribution in [0.4, 0.5) is 17.6 Å². The van der Waals surface area contributed by atoms with E-state index in [1.807, 2.05) is 0 Å². The molecule has 1 rings (SSSR count). The Morgan fingerprint density at radius 1 is 1.16 bits per heavy atom. The molecule has 1 aromatic rings. The molecule has 0 aliphatic heterocycles. The van der Waals surface area contributed by atoms with Gasteiger partial charge in [0.15, 0.2) is 17.5 Å². The van der Waals surface area contributed by atoms with E-state index >= 15 is 0 Å². The predicted molar refractivity (Wildman–Crippen MR) is 60.1 cm³/mol. The third-order valence-electron chi connectivity index (χ3n) is 2.99. The minimum Gasteiger partial charge on any atom is -0.460 e. The summed E-state index contributed by atoms with van der Waals surface area (Å²) in [4.78, 5) is 11.6. The van der Waals surface area contributed by atoms with Gasteiger partial charge in [-0.1, -0.05) is 6.92 Å². The Hall–Kier alpha value is -1.59. The number of ether oxygens (including phenoxy) is 1. The molecule has 0 saturated carbocycles. The van der Waals surface area contributed by atoms with E-state index in [0.717, 1.165) is 0 Å². The first-order valence-corrected chi connectivity index (χ1v) is 5.69. The highest BCUT2D eigenvalue weighted by atomic mass is 19.2. The van der Waals surface area contributed by atoms with Gasteiger partial charge in [-0.05, 0) is 20.3 Å². The molecule has 0 aliphatic rings. The number of halogens is 4. The second kappa shape index (κ2) is 5.59. The molecule has 2 nitrogen and oxygen atoms in total. The molecule has 0 bridgehead atoms. The minimum absolute atomic E-state index is 0.215. The normalized spacial score (nSPS) is 11.5. The lowest BCUT2D eigenvalue weighted by atomic mass is 9.91. The van der Waals surface area contributed by atoms with Crippen molar-refractivity contribution in [1.29, 1.82) is 0 Å². The summed E-state index contributed by atoms with van der Waals surface area (Å²) in [7, 11) is 0. The molecule has 1 aromatic carbocycles. The third-order valence-corrected chi connectivity index (χ3v) is 2.99. The SMILES string of the molecule is CCC(C)(C)C(=O)OCc1c(F)cc(F)c(F)c1F. The van der Waals surface area contributed by atoms with Gasteiger partial charge in [0.25, 0.3) is 0 Å². The van der Waals surface area contributed by atoms with Gasteiger partial charge < -0.3 is 4.74 Å². The molecule has 0 atom stereocenters. The summed E-state index contributed by atoms with van der Waals surface area (Å²) >= 11 is 0. The van der Waals surface area contributed by atoms with E-state index in [0.29, 0.717) is 6.42 Å². The molecular formula is C13H14F4O2. The van der Waals surface area contributed by atoms with Crippen molar-refractivity contribution in [3.8, 4) is 0 Å². The van der Waals surface area contributed by atoms with Gasteiger partial charge in [-0.2, -0.15) is 0 Å². The highest BCUT2D eigenvalue weighted by molar-refractivity contribution is 5.75. The fourth-order valence-corrected chi connectivity index (χ4v) is 1.21. The van der Waals surface area contributed by atoms with Crippen molar-refractivity contribution in [2.45, 2.75) is 33.8 Å². The number of carbonyl (C=O) groups excluding carboxylic acids is 1. The number of carbonyl (C=O) groups is 1. The van der Waals surface area contributed by atoms with Crippen molar-refractivity contribution in [3.05, 3.63) is 34.9 Å². The van der Waals surface area contributed by atoms with Crippen molar-refractivity contribution in [2.24, 2.45) is 5.41 Å². The van der Waals surface area contributed by atoms with Crippen LogP contribution in [0.5, 0.6) is 0 Å². The Morgan fingerprint density at radius 2 is 1.74 bits per heavy atom. The van der Waals surface area contributed by atoms with Crippen molar-refractivity contribution in [2.75, 3.05) is 0 Å². The van der Waals surface area contributed by atoms with Crippen LogP contribution in [0.1, 0.15) is 32.8 Å². The molecule has 0 unspecified atom stereocenters. The monoisotopic (exact) mass is 278 g/mol. The molecule has 0 fully saturated rings. The first-order chi connectivity index (χ1) is 8.70. The zero-order valence-electron chi connectivity index (χ0n) is 10.8. The number of hydrogen-bond donors (Lipinski definition) is 0. The van der Waals surface area contributed by atoms with Gasteiger partial charge in [-0.3, -0.25) is 4.79 Å². The smallest absolute Gasteiger partial charge is 0.311 e. The van der Waals surface area contributed by atoms with Gasteiger partial charge in [0, 0.05) is 6.07 Å². The van der Waals surface area contributed by atoms with E-state index in [-0.39, 0.29) is 6.07 Å². The molecule has 0 aliphatic carbocycles. The molecular weight excluding hydrogens is 264 g/mol. The summed E-state index contributed by atoms with van der Waals surface area (Å²) in [5.41, 5.74) is -1.62. The van der Waals surface area contributed by atoms with E-state index < -0.39 is 46.8 Å². The molecule has 6 heteroatoms. The van der Waals surface area contributed by atoms with Gasteiger partial charge in [0.1, 0.15) is 12.4 Å². The average Bonchev–Trinajstić information content (AvgIpc) is 2.35. The number of rotatable bonds is 4. The maximum Gasteiger partial charge on any atom is 0.311 e. The van der Waals surface area contributed by atoms with Crippen molar-refractivity contribution < 1.29 is 27.1 Å². The summed E-state index contributed by atoms with van der Waals surface area (Å²) < 4.78 is 57.0. The summed E-state index contributed by atoms with van der Waals surface area (Å²) in [5, 5.41) is 0. The second-order valence-electron chi connectivity index (χ2n) is 4.76. The lowest BCUT2D eigenvalue weighted by Crippen LogP contribution is -2.26. The van der Waals surface area contributed by atoms with Gasteiger partial charge >= 0.3 is 5.97 Å². The topological polar surface area (TPSA) is 26.3 Å². The van der Waals surface area contributed by atoms with Crippen LogP contribution in [0.2, 0.25) is 0 Å². The lowest BCUT2D eigenvalue weighted by molar-refractivity contribution is -0.155. The lowest BCUT2D eigenvalue weighted by Gasteiger charge is -2.20. The van der Waals surface area contributed by atoms with Crippen LogP contribution in [-0.4, -0.2) is 5.97 Å². The molecule has 0 saturated heterocycles. The average molecular weight is 278 g/mol. The highest BCUT2D eigenvalue weighted by Gasteiger charge is 2.28. The van der Waals surface area contributed by atoms with E-state index in [4.69, 9.17) is 4.74 Å². The maximum atomic E-state index is 13.3. The van der Waals surface area contributed by atoms with Crippen LogP contribution in [0.3, 0.4) is 0 Å². The first kappa shape index (κ1) is 15.5. The van der Waals surface area contributed by atoms with Crippen molar-refractivity contribution in [3.63, 3.8) is 0 Å². The quantitative estimate of drug-likeness (QED) is 0.363. The molecule has 0 N–H and O–H groups in total. The molecule has 0 heterocycles. The number of benzene rings is 1. The van der Waals surface area contributed by atoms with E-state index in [1.54, 1.807) is 20.8 Å². The van der Waals surface area contributed by atoms with Crippen LogP contribution in [-0.2, 0) is 16.1 Å². The summed E-state index contributed by atoms with van der Waals surface area (Å²) in [5.74, 6) is -7.06. The van der Waals surface area contributed by atoms with Crippen LogP contribution in [0, 0.1) is 28.7 Å². The molecule has 0 aromatic heterocycles. The Morgan fingerprint density at radius 3 is 2.26 bits per heavy atom. The van der Waals surface area contributed by atoms with E-state index in [9.17, 15) is 22.4 Å². The standard InChI is InChI=1S/C13H14F4O2/c1-4-13(2,3)12(18)19-6-7-8(14)5-9(15)11(17)10(7)16/h5H,4,6H2,1-3H3. The highest BCUT2D eigenvalue weighted by Crippen LogP contribution is 2.24. The van der Waals surface area contributed by atoms with Crippen LogP contribution in [0.15, 0.2) is 6.07 Å². The molecule has 106 valence electrons. The zero-order valence-corrected chi connectivity index (χ0v) is 10.8. The van der Waals surface area contributed by atoms with Crippen molar-refractivity contribution >= 4 is 5.97 Å². The maximum absolute atomic E-state index is 13.3. The van der Waals surface area contributed by atoms with Crippen LogP contribution < -0.4 is 0 Å². The van der Waals surface area contributed by atoms with Crippen molar-refractivity contribution in [1.82, 2.24) is 0 Å². The number of hydrogen-bond acceptors (Lipinski definition) is 2. The van der Waals surface area contributed by atoms with Gasteiger partial charge in [-0.15, -0.1) is 0 Å². The predicted octanol–water partition coefficient (Wildman–Crippen LogP) is 3.72. The Labute approximate surface area is 108 Å². The Kier molecular flexibility index (Phi) is 4.55.